The van der Waals surface area contributed by atoms with Crippen molar-refractivity contribution in [3.8, 4) is 11.6 Å². The average Bonchev–Trinajstić information content (AvgIpc) is 3.26. The van der Waals surface area contributed by atoms with Gasteiger partial charge in [-0.15, -0.1) is 10.2 Å². The van der Waals surface area contributed by atoms with E-state index < -0.39 is 5.82 Å². The summed E-state index contributed by atoms with van der Waals surface area (Å²) >= 11 is 6.98. The van der Waals surface area contributed by atoms with E-state index >= 15 is 0 Å². The number of thioether (sulfide) groups is 1. The molecule has 0 radical (unpaired) electrons. The summed E-state index contributed by atoms with van der Waals surface area (Å²) in [6.07, 6.45) is 2.47. The first-order chi connectivity index (χ1) is 12.6. The van der Waals surface area contributed by atoms with Crippen molar-refractivity contribution in [2.45, 2.75) is 25.0 Å². The van der Waals surface area contributed by atoms with Gasteiger partial charge >= 0.3 is 0 Å². The fraction of sp³-hybridized carbons (Fsp3) is 0.235. The Hall–Kier alpha value is -2.32. The van der Waals surface area contributed by atoms with Crippen molar-refractivity contribution in [1.82, 2.24) is 14.8 Å². The average molecular weight is 395 g/mol. The number of nitrogens with zero attached hydrogens (tertiary/aromatic N) is 3. The second-order valence-corrected chi connectivity index (χ2v) is 6.75. The second kappa shape index (κ2) is 8.37. The number of furan rings is 1. The summed E-state index contributed by atoms with van der Waals surface area (Å²) in [5.74, 6) is 0.614. The van der Waals surface area contributed by atoms with Crippen molar-refractivity contribution >= 4 is 35.0 Å². The number of amides is 1. The number of carbonyl (C=O) groups excluding carboxylic acids is 1. The van der Waals surface area contributed by atoms with Crippen LogP contribution in [0.2, 0.25) is 5.02 Å². The van der Waals surface area contributed by atoms with Gasteiger partial charge < -0.3 is 9.73 Å². The molecule has 0 fully saturated rings. The molecule has 0 atom stereocenters. The summed E-state index contributed by atoms with van der Waals surface area (Å²) in [5.41, 5.74) is 0.438. The molecule has 1 aromatic carbocycles. The van der Waals surface area contributed by atoms with Crippen LogP contribution in [0.15, 0.2) is 46.2 Å². The predicted octanol–water partition coefficient (Wildman–Crippen LogP) is 4.47. The van der Waals surface area contributed by atoms with Gasteiger partial charge in [0.1, 0.15) is 5.82 Å². The van der Waals surface area contributed by atoms with Crippen LogP contribution in [-0.2, 0) is 11.3 Å². The van der Waals surface area contributed by atoms with E-state index in [4.69, 9.17) is 16.0 Å². The molecule has 26 heavy (non-hydrogen) atoms. The Morgan fingerprint density at radius 3 is 2.92 bits per heavy atom. The molecule has 0 spiro atoms. The van der Waals surface area contributed by atoms with Crippen molar-refractivity contribution in [1.29, 1.82) is 0 Å². The molecule has 136 valence electrons. The quantitative estimate of drug-likeness (QED) is 0.598. The van der Waals surface area contributed by atoms with Gasteiger partial charge in [0, 0.05) is 12.2 Å². The lowest BCUT2D eigenvalue weighted by atomic mass is 10.3. The molecule has 0 saturated carbocycles. The third kappa shape index (κ3) is 4.25. The smallest absolute Gasteiger partial charge is 0.234 e. The van der Waals surface area contributed by atoms with E-state index in [-0.39, 0.29) is 16.7 Å². The number of anilines is 1. The van der Waals surface area contributed by atoms with Gasteiger partial charge in [0.05, 0.1) is 17.0 Å². The maximum atomic E-state index is 13.2. The van der Waals surface area contributed by atoms with E-state index in [1.807, 2.05) is 17.6 Å². The molecule has 0 aliphatic heterocycles. The summed E-state index contributed by atoms with van der Waals surface area (Å²) in [5, 5.41) is 11.6. The normalized spacial score (nSPS) is 10.9. The summed E-state index contributed by atoms with van der Waals surface area (Å²) in [6.45, 7) is 2.76. The molecule has 3 rings (SSSR count). The molecule has 0 bridgehead atoms. The Labute approximate surface area is 158 Å². The lowest BCUT2D eigenvalue weighted by molar-refractivity contribution is -0.113. The van der Waals surface area contributed by atoms with Crippen molar-refractivity contribution < 1.29 is 13.6 Å². The Kier molecular flexibility index (Phi) is 5.95. The molecule has 1 amide bonds. The number of nitrogens with one attached hydrogen (secondary N) is 1. The van der Waals surface area contributed by atoms with Crippen LogP contribution in [-0.4, -0.2) is 26.4 Å². The van der Waals surface area contributed by atoms with Crippen molar-refractivity contribution in [3.05, 3.63) is 47.4 Å². The van der Waals surface area contributed by atoms with Crippen molar-refractivity contribution in [2.75, 3.05) is 11.1 Å². The topological polar surface area (TPSA) is 73.0 Å². The van der Waals surface area contributed by atoms with Gasteiger partial charge in [-0.3, -0.25) is 9.36 Å². The largest absolute Gasteiger partial charge is 0.461 e. The van der Waals surface area contributed by atoms with Gasteiger partial charge in [0.25, 0.3) is 0 Å². The predicted molar refractivity (Wildman–Crippen MR) is 98.8 cm³/mol. The lowest BCUT2D eigenvalue weighted by Crippen LogP contribution is -2.14. The minimum Gasteiger partial charge on any atom is -0.461 e. The van der Waals surface area contributed by atoms with Crippen molar-refractivity contribution in [3.63, 3.8) is 0 Å². The highest BCUT2D eigenvalue weighted by atomic mass is 35.5. The molecule has 2 heterocycles. The third-order valence-corrected chi connectivity index (χ3v) is 4.70. The number of aromatic nitrogens is 3. The third-order valence-electron chi connectivity index (χ3n) is 3.44. The van der Waals surface area contributed by atoms with Gasteiger partial charge in [0.15, 0.2) is 16.7 Å². The molecule has 1 N–H and O–H groups in total. The summed E-state index contributed by atoms with van der Waals surface area (Å²) < 4.78 is 20.5. The Morgan fingerprint density at radius 1 is 1.38 bits per heavy atom. The van der Waals surface area contributed by atoms with Crippen LogP contribution in [0, 0.1) is 5.82 Å². The maximum Gasteiger partial charge on any atom is 0.234 e. The van der Waals surface area contributed by atoms with Crippen molar-refractivity contribution in [2.24, 2.45) is 0 Å². The zero-order valence-electron chi connectivity index (χ0n) is 13.9. The number of halogens is 2. The first-order valence-corrected chi connectivity index (χ1v) is 9.29. The van der Waals surface area contributed by atoms with Gasteiger partial charge in [-0.1, -0.05) is 30.3 Å². The van der Waals surface area contributed by atoms with Crippen LogP contribution >= 0.6 is 23.4 Å². The monoisotopic (exact) mass is 394 g/mol. The zero-order valence-corrected chi connectivity index (χ0v) is 15.5. The van der Waals surface area contributed by atoms with E-state index in [2.05, 4.69) is 15.5 Å². The number of hydrogen-bond acceptors (Lipinski definition) is 5. The molecule has 3 aromatic rings. The molecular weight excluding hydrogens is 379 g/mol. The van der Waals surface area contributed by atoms with Gasteiger partial charge in [0.2, 0.25) is 5.91 Å². The standard InChI is InChI=1S/C17H16ClFN4O2S/c1-2-7-23-16(14-4-3-8-25-14)21-22-17(23)26-10-15(24)20-11-5-6-13(19)12(18)9-11/h3-6,8-9H,2,7,10H2,1H3,(H,20,24). The molecule has 0 unspecified atom stereocenters. The van der Waals surface area contributed by atoms with Crippen LogP contribution in [0.1, 0.15) is 13.3 Å². The Bertz CT molecular complexity index is 898. The molecular formula is C17H16ClFN4O2S. The van der Waals surface area contributed by atoms with Gasteiger partial charge in [-0.25, -0.2) is 4.39 Å². The highest BCUT2D eigenvalue weighted by Crippen LogP contribution is 2.25. The molecule has 0 saturated heterocycles. The second-order valence-electron chi connectivity index (χ2n) is 5.40. The first-order valence-electron chi connectivity index (χ1n) is 7.93. The molecule has 0 aliphatic carbocycles. The first kappa shape index (κ1) is 18.5. The Morgan fingerprint density at radius 2 is 2.23 bits per heavy atom. The summed E-state index contributed by atoms with van der Waals surface area (Å²) in [4.78, 5) is 12.1. The summed E-state index contributed by atoms with van der Waals surface area (Å²) in [6, 6.07) is 7.63. The molecule has 0 aliphatic rings. The van der Waals surface area contributed by atoms with E-state index in [1.54, 1.807) is 12.3 Å². The number of rotatable bonds is 7. The molecule has 2 aromatic heterocycles. The minimum absolute atomic E-state index is 0.0405. The van der Waals surface area contributed by atoms with Crippen LogP contribution in [0.4, 0.5) is 10.1 Å². The van der Waals surface area contributed by atoms with Crippen LogP contribution in [0.3, 0.4) is 0 Å². The highest BCUT2D eigenvalue weighted by Gasteiger charge is 2.17. The van der Waals surface area contributed by atoms with Crippen LogP contribution in [0.25, 0.3) is 11.6 Å². The van der Waals surface area contributed by atoms with Crippen LogP contribution < -0.4 is 5.32 Å². The minimum atomic E-state index is -0.530. The van der Waals surface area contributed by atoms with E-state index in [9.17, 15) is 9.18 Å². The van der Waals surface area contributed by atoms with Gasteiger partial charge in [-0.2, -0.15) is 0 Å². The maximum absolute atomic E-state index is 13.2. The zero-order chi connectivity index (χ0) is 18.5. The number of carbonyl (C=O) groups is 1. The van der Waals surface area contributed by atoms with Crippen LogP contribution in [0.5, 0.6) is 0 Å². The highest BCUT2D eigenvalue weighted by molar-refractivity contribution is 7.99. The molecule has 9 heteroatoms. The van der Waals surface area contributed by atoms with E-state index in [0.717, 1.165) is 6.42 Å². The summed E-state index contributed by atoms with van der Waals surface area (Å²) in [7, 11) is 0. The Balaban J connectivity index is 1.67. The fourth-order valence-electron chi connectivity index (χ4n) is 2.31. The van der Waals surface area contributed by atoms with E-state index in [0.29, 0.717) is 29.0 Å². The molecule has 6 nitrogen and oxygen atoms in total. The number of benzene rings is 1. The lowest BCUT2D eigenvalue weighted by Gasteiger charge is -2.08. The fourth-order valence-corrected chi connectivity index (χ4v) is 3.25. The SMILES string of the molecule is CCCn1c(SCC(=O)Nc2ccc(F)c(Cl)c2)nnc1-c1ccco1. The van der Waals surface area contributed by atoms with Gasteiger partial charge in [-0.05, 0) is 36.8 Å². The van der Waals surface area contributed by atoms with E-state index in [1.165, 1.54) is 30.0 Å². The number of hydrogen-bond donors (Lipinski definition) is 1.